The number of hydrogen-bond acceptors (Lipinski definition) is 2. The second-order valence-electron chi connectivity index (χ2n) is 4.60. The number of aliphatic hydroxyl groups excluding tert-OH is 1. The van der Waals surface area contributed by atoms with Gasteiger partial charge in [0, 0.05) is 5.56 Å². The van der Waals surface area contributed by atoms with Crippen LogP contribution in [0.15, 0.2) is 6.20 Å². The molecule has 1 aliphatic rings. The SMILES string of the molecule is OCc1cnn(C2CCCCCC2)c1C(F)F. The fourth-order valence-corrected chi connectivity index (χ4v) is 2.56. The molecule has 0 unspecified atom stereocenters. The zero-order valence-corrected chi connectivity index (χ0v) is 9.78. The van der Waals surface area contributed by atoms with Crippen LogP contribution in [0, 0.1) is 0 Å². The minimum absolute atomic E-state index is 0.0711. The van der Waals surface area contributed by atoms with Gasteiger partial charge < -0.3 is 5.11 Å². The fourth-order valence-electron chi connectivity index (χ4n) is 2.56. The Morgan fingerprint density at radius 1 is 1.29 bits per heavy atom. The van der Waals surface area contributed by atoms with Crippen molar-refractivity contribution in [1.82, 2.24) is 9.78 Å². The van der Waals surface area contributed by atoms with Crippen molar-refractivity contribution in [3.05, 3.63) is 17.5 Å². The first kappa shape index (κ1) is 12.5. The largest absolute Gasteiger partial charge is 0.392 e. The van der Waals surface area contributed by atoms with Crippen LogP contribution in [0.5, 0.6) is 0 Å². The average molecular weight is 244 g/mol. The van der Waals surface area contributed by atoms with Crippen LogP contribution in [0.25, 0.3) is 0 Å². The van der Waals surface area contributed by atoms with Crippen LogP contribution in [0.3, 0.4) is 0 Å². The summed E-state index contributed by atoms with van der Waals surface area (Å²) < 4.78 is 27.4. The van der Waals surface area contributed by atoms with Crippen LogP contribution in [-0.2, 0) is 6.61 Å². The Morgan fingerprint density at radius 2 is 1.94 bits per heavy atom. The Labute approximate surface area is 99.4 Å². The minimum Gasteiger partial charge on any atom is -0.392 e. The molecule has 0 atom stereocenters. The highest BCUT2D eigenvalue weighted by Gasteiger charge is 2.24. The Kier molecular flexibility index (Phi) is 4.10. The Balaban J connectivity index is 2.26. The molecule has 0 aromatic carbocycles. The predicted octanol–water partition coefficient (Wildman–Crippen LogP) is 3.21. The molecular weight excluding hydrogens is 226 g/mol. The number of rotatable bonds is 3. The Morgan fingerprint density at radius 3 is 2.47 bits per heavy atom. The number of nitrogens with zero attached hydrogens (tertiary/aromatic N) is 2. The molecule has 0 radical (unpaired) electrons. The van der Waals surface area contributed by atoms with Gasteiger partial charge in [0.1, 0.15) is 5.69 Å². The highest BCUT2D eigenvalue weighted by molar-refractivity contribution is 5.18. The zero-order chi connectivity index (χ0) is 12.3. The van der Waals surface area contributed by atoms with E-state index < -0.39 is 6.43 Å². The number of alkyl halides is 2. The van der Waals surface area contributed by atoms with Crippen LogP contribution in [-0.4, -0.2) is 14.9 Å². The first-order valence-corrected chi connectivity index (χ1v) is 6.19. The van der Waals surface area contributed by atoms with Gasteiger partial charge in [0.25, 0.3) is 6.43 Å². The third-order valence-corrected chi connectivity index (χ3v) is 3.46. The third kappa shape index (κ3) is 2.65. The summed E-state index contributed by atoms with van der Waals surface area (Å²) in [5.74, 6) is 0. The lowest BCUT2D eigenvalue weighted by Gasteiger charge is -2.18. The summed E-state index contributed by atoms with van der Waals surface area (Å²) in [6.07, 6.45) is 5.11. The van der Waals surface area contributed by atoms with Gasteiger partial charge in [0.15, 0.2) is 0 Å². The molecule has 0 spiro atoms. The summed E-state index contributed by atoms with van der Waals surface area (Å²) in [7, 11) is 0. The van der Waals surface area contributed by atoms with Crippen molar-refractivity contribution in [2.24, 2.45) is 0 Å². The van der Waals surface area contributed by atoms with Gasteiger partial charge >= 0.3 is 0 Å². The Hall–Kier alpha value is -0.970. The van der Waals surface area contributed by atoms with Gasteiger partial charge in [0.05, 0.1) is 18.8 Å². The summed E-state index contributed by atoms with van der Waals surface area (Å²) >= 11 is 0. The van der Waals surface area contributed by atoms with E-state index in [-0.39, 0.29) is 23.9 Å². The number of hydrogen-bond donors (Lipinski definition) is 1. The highest BCUT2D eigenvalue weighted by Crippen LogP contribution is 2.32. The van der Waals surface area contributed by atoms with E-state index in [1.807, 2.05) is 0 Å². The highest BCUT2D eigenvalue weighted by atomic mass is 19.3. The maximum atomic E-state index is 13.0. The molecule has 3 nitrogen and oxygen atoms in total. The Bertz CT molecular complexity index is 357. The quantitative estimate of drug-likeness (QED) is 0.829. The normalized spacial score (nSPS) is 18.6. The minimum atomic E-state index is -2.57. The maximum absolute atomic E-state index is 13.0. The van der Waals surface area contributed by atoms with Gasteiger partial charge in [-0.3, -0.25) is 4.68 Å². The molecular formula is C12H18F2N2O. The van der Waals surface area contributed by atoms with Gasteiger partial charge in [-0.1, -0.05) is 25.7 Å². The first-order valence-electron chi connectivity index (χ1n) is 6.19. The smallest absolute Gasteiger partial charge is 0.280 e. The second-order valence-corrected chi connectivity index (χ2v) is 4.60. The monoisotopic (exact) mass is 244 g/mol. The molecule has 5 heteroatoms. The van der Waals surface area contributed by atoms with Crippen molar-refractivity contribution in [3.8, 4) is 0 Å². The van der Waals surface area contributed by atoms with E-state index in [0.717, 1.165) is 25.7 Å². The van der Waals surface area contributed by atoms with Gasteiger partial charge in [0.2, 0.25) is 0 Å². The van der Waals surface area contributed by atoms with E-state index in [4.69, 9.17) is 5.11 Å². The van der Waals surface area contributed by atoms with Crippen molar-refractivity contribution in [2.45, 2.75) is 57.6 Å². The van der Waals surface area contributed by atoms with Crippen LogP contribution in [0.2, 0.25) is 0 Å². The molecule has 17 heavy (non-hydrogen) atoms. The van der Waals surface area contributed by atoms with Gasteiger partial charge in [-0.2, -0.15) is 5.10 Å². The van der Waals surface area contributed by atoms with Crippen molar-refractivity contribution in [1.29, 1.82) is 0 Å². The van der Waals surface area contributed by atoms with E-state index in [2.05, 4.69) is 5.10 Å². The molecule has 0 saturated heterocycles. The molecule has 1 fully saturated rings. The van der Waals surface area contributed by atoms with Gasteiger partial charge in [-0.15, -0.1) is 0 Å². The summed E-state index contributed by atoms with van der Waals surface area (Å²) in [6.45, 7) is -0.369. The lowest BCUT2D eigenvalue weighted by atomic mass is 10.1. The molecule has 0 amide bonds. The van der Waals surface area contributed by atoms with Crippen molar-refractivity contribution < 1.29 is 13.9 Å². The van der Waals surface area contributed by atoms with Crippen molar-refractivity contribution >= 4 is 0 Å². The fraction of sp³-hybridized carbons (Fsp3) is 0.750. The summed E-state index contributed by atoms with van der Waals surface area (Å²) in [4.78, 5) is 0. The topological polar surface area (TPSA) is 38.1 Å². The van der Waals surface area contributed by atoms with E-state index in [9.17, 15) is 8.78 Å². The standard InChI is InChI=1S/C12H18F2N2O/c13-12(14)11-9(8-17)7-15-16(11)10-5-3-1-2-4-6-10/h7,10,12,17H,1-6,8H2. The molecule has 1 saturated carbocycles. The van der Waals surface area contributed by atoms with Crippen LogP contribution >= 0.6 is 0 Å². The molecule has 1 aliphatic carbocycles. The molecule has 1 aromatic rings. The lowest BCUT2D eigenvalue weighted by Crippen LogP contribution is -2.14. The average Bonchev–Trinajstić information content (AvgIpc) is 2.56. The molecule has 2 rings (SSSR count). The number of halogens is 2. The van der Waals surface area contributed by atoms with E-state index in [1.54, 1.807) is 0 Å². The summed E-state index contributed by atoms with van der Waals surface area (Å²) in [5, 5.41) is 13.1. The molecule has 1 N–H and O–H groups in total. The van der Waals surface area contributed by atoms with Crippen LogP contribution in [0.1, 0.15) is 62.2 Å². The number of aromatic nitrogens is 2. The maximum Gasteiger partial charge on any atom is 0.280 e. The molecule has 0 aliphatic heterocycles. The van der Waals surface area contributed by atoms with Crippen LogP contribution in [0.4, 0.5) is 8.78 Å². The predicted molar refractivity (Wildman–Crippen MR) is 59.8 cm³/mol. The summed E-state index contributed by atoms with van der Waals surface area (Å²) in [6, 6.07) is 0.0711. The van der Waals surface area contributed by atoms with Crippen molar-refractivity contribution in [3.63, 3.8) is 0 Å². The van der Waals surface area contributed by atoms with E-state index in [0.29, 0.717) is 0 Å². The third-order valence-electron chi connectivity index (χ3n) is 3.46. The number of aliphatic hydroxyl groups is 1. The van der Waals surface area contributed by atoms with Crippen molar-refractivity contribution in [2.75, 3.05) is 0 Å². The lowest BCUT2D eigenvalue weighted by molar-refractivity contribution is 0.130. The molecule has 1 aromatic heterocycles. The first-order chi connectivity index (χ1) is 8.24. The molecule has 0 bridgehead atoms. The van der Waals surface area contributed by atoms with E-state index >= 15 is 0 Å². The van der Waals surface area contributed by atoms with Gasteiger partial charge in [-0.05, 0) is 12.8 Å². The molecule has 1 heterocycles. The van der Waals surface area contributed by atoms with Gasteiger partial charge in [-0.25, -0.2) is 8.78 Å². The molecule has 96 valence electrons. The van der Waals surface area contributed by atoms with Crippen LogP contribution < -0.4 is 0 Å². The second kappa shape index (κ2) is 5.58. The summed E-state index contributed by atoms with van der Waals surface area (Å²) in [5.41, 5.74) is 0.156. The zero-order valence-electron chi connectivity index (χ0n) is 9.78. The van der Waals surface area contributed by atoms with E-state index in [1.165, 1.54) is 23.7 Å².